The first-order valence-electron chi connectivity index (χ1n) is 5.86. The third kappa shape index (κ3) is 1.66. The van der Waals surface area contributed by atoms with E-state index in [1.165, 1.54) is 0 Å². The maximum absolute atomic E-state index is 12.2. The van der Waals surface area contributed by atoms with Crippen LogP contribution in [-0.4, -0.2) is 52.4 Å². The van der Waals surface area contributed by atoms with Crippen LogP contribution in [0.1, 0.15) is 23.3 Å². The molecular formula is C10H16N6O. The Kier molecular flexibility index (Phi) is 2.29. The highest BCUT2D eigenvalue weighted by molar-refractivity contribution is 5.96. The van der Waals surface area contributed by atoms with E-state index in [1.807, 2.05) is 4.90 Å². The number of hydrogen-bond donors (Lipinski definition) is 3. The van der Waals surface area contributed by atoms with Gasteiger partial charge in [-0.05, 0) is 19.4 Å². The Labute approximate surface area is 98.7 Å². The van der Waals surface area contributed by atoms with Crippen LogP contribution in [0.3, 0.4) is 0 Å². The molecule has 0 aromatic carbocycles. The molecule has 0 saturated carbocycles. The zero-order valence-electron chi connectivity index (χ0n) is 9.57. The molecule has 1 atom stereocenters. The molecule has 0 bridgehead atoms. The average molecular weight is 236 g/mol. The molecule has 2 fully saturated rings. The van der Waals surface area contributed by atoms with Gasteiger partial charge in [0.1, 0.15) is 0 Å². The van der Waals surface area contributed by atoms with E-state index in [1.54, 1.807) is 0 Å². The van der Waals surface area contributed by atoms with Crippen molar-refractivity contribution < 1.29 is 4.79 Å². The molecule has 0 radical (unpaired) electrons. The summed E-state index contributed by atoms with van der Waals surface area (Å²) in [7, 11) is 0. The molecule has 1 unspecified atom stereocenters. The topological polar surface area (TPSA) is 99.9 Å². The molecule has 1 aromatic heterocycles. The zero-order valence-corrected chi connectivity index (χ0v) is 9.57. The van der Waals surface area contributed by atoms with Crippen LogP contribution < -0.4 is 11.1 Å². The van der Waals surface area contributed by atoms with Gasteiger partial charge < -0.3 is 16.0 Å². The second-order valence-corrected chi connectivity index (χ2v) is 4.96. The van der Waals surface area contributed by atoms with Gasteiger partial charge in [0.25, 0.3) is 5.91 Å². The predicted molar refractivity (Wildman–Crippen MR) is 61.2 cm³/mol. The Hall–Kier alpha value is -1.63. The second-order valence-electron chi connectivity index (χ2n) is 4.96. The third-order valence-corrected chi connectivity index (χ3v) is 3.84. The lowest BCUT2D eigenvalue weighted by Crippen LogP contribution is -2.33. The highest BCUT2D eigenvalue weighted by Crippen LogP contribution is 2.36. The largest absolute Gasteiger partial charge is 0.380 e. The van der Waals surface area contributed by atoms with Gasteiger partial charge in [0.15, 0.2) is 11.5 Å². The van der Waals surface area contributed by atoms with Crippen LogP contribution >= 0.6 is 0 Å². The summed E-state index contributed by atoms with van der Waals surface area (Å²) in [6.07, 6.45) is 2.20. The fraction of sp³-hybridized carbons (Fsp3) is 0.700. The molecule has 2 aliphatic rings. The van der Waals surface area contributed by atoms with Gasteiger partial charge in [-0.3, -0.25) is 4.79 Å². The monoisotopic (exact) mass is 236 g/mol. The van der Waals surface area contributed by atoms with Crippen LogP contribution in [0, 0.1) is 5.41 Å². The number of nitrogens with one attached hydrogen (secondary N) is 2. The normalized spacial score (nSPS) is 28.1. The number of anilines is 1. The van der Waals surface area contributed by atoms with Gasteiger partial charge in [-0.2, -0.15) is 5.21 Å². The van der Waals surface area contributed by atoms with E-state index in [2.05, 4.69) is 20.7 Å². The van der Waals surface area contributed by atoms with E-state index in [9.17, 15) is 4.79 Å². The molecule has 3 heterocycles. The number of likely N-dealkylation sites (tertiary alicyclic amines) is 1. The summed E-state index contributed by atoms with van der Waals surface area (Å²) in [5, 5.41) is 13.2. The summed E-state index contributed by atoms with van der Waals surface area (Å²) in [5.74, 6) is 0.0699. The highest BCUT2D eigenvalue weighted by Gasteiger charge is 2.42. The van der Waals surface area contributed by atoms with Crippen LogP contribution in [0.25, 0.3) is 0 Å². The quantitative estimate of drug-likeness (QED) is 0.593. The Bertz CT molecular complexity index is 436. The number of carbonyl (C=O) groups is 1. The highest BCUT2D eigenvalue weighted by atomic mass is 16.2. The molecule has 7 heteroatoms. The maximum Gasteiger partial charge on any atom is 0.278 e. The van der Waals surface area contributed by atoms with Gasteiger partial charge in [0, 0.05) is 25.0 Å². The number of nitrogens with zero attached hydrogens (tertiary/aromatic N) is 3. The summed E-state index contributed by atoms with van der Waals surface area (Å²) in [6.45, 7) is 3.64. The first-order valence-corrected chi connectivity index (χ1v) is 5.86. The fourth-order valence-electron chi connectivity index (χ4n) is 2.80. The van der Waals surface area contributed by atoms with Crippen molar-refractivity contribution in [3.8, 4) is 0 Å². The van der Waals surface area contributed by atoms with Crippen molar-refractivity contribution in [2.75, 3.05) is 31.9 Å². The molecule has 4 N–H and O–H groups in total. The summed E-state index contributed by atoms with van der Waals surface area (Å²) in [6, 6.07) is 0. The number of carbonyl (C=O) groups excluding carboxylic acids is 1. The second kappa shape index (κ2) is 3.69. The molecule has 92 valence electrons. The molecule has 1 spiro atoms. The van der Waals surface area contributed by atoms with E-state index in [0.717, 1.165) is 39.0 Å². The Morgan fingerprint density at radius 1 is 1.41 bits per heavy atom. The van der Waals surface area contributed by atoms with Crippen LogP contribution in [-0.2, 0) is 0 Å². The Balaban J connectivity index is 1.75. The SMILES string of the molecule is Nc1n[nH]nc1C(=O)N1CCC2(CCNC2)C1. The smallest absolute Gasteiger partial charge is 0.278 e. The van der Waals surface area contributed by atoms with Crippen LogP contribution in [0.5, 0.6) is 0 Å². The molecule has 2 saturated heterocycles. The van der Waals surface area contributed by atoms with Crippen molar-refractivity contribution in [3.63, 3.8) is 0 Å². The van der Waals surface area contributed by atoms with Crippen molar-refractivity contribution in [1.82, 2.24) is 25.6 Å². The van der Waals surface area contributed by atoms with E-state index in [0.29, 0.717) is 0 Å². The van der Waals surface area contributed by atoms with Crippen molar-refractivity contribution >= 4 is 11.7 Å². The van der Waals surface area contributed by atoms with E-state index in [4.69, 9.17) is 5.73 Å². The van der Waals surface area contributed by atoms with Gasteiger partial charge in [-0.25, -0.2) is 0 Å². The van der Waals surface area contributed by atoms with E-state index in [-0.39, 0.29) is 22.8 Å². The molecular weight excluding hydrogens is 220 g/mol. The maximum atomic E-state index is 12.2. The van der Waals surface area contributed by atoms with Crippen molar-refractivity contribution in [3.05, 3.63) is 5.69 Å². The lowest BCUT2D eigenvalue weighted by Gasteiger charge is -2.22. The number of hydrogen-bond acceptors (Lipinski definition) is 5. The molecule has 3 rings (SSSR count). The van der Waals surface area contributed by atoms with E-state index >= 15 is 0 Å². The number of rotatable bonds is 1. The predicted octanol–water partition coefficient (Wildman–Crippen LogP) is -0.787. The number of nitrogen functional groups attached to an aromatic ring is 1. The molecule has 17 heavy (non-hydrogen) atoms. The number of amides is 1. The number of aromatic nitrogens is 3. The molecule has 7 nitrogen and oxygen atoms in total. The average Bonchev–Trinajstić information content (AvgIpc) is 3.02. The Morgan fingerprint density at radius 2 is 2.29 bits per heavy atom. The number of aromatic amines is 1. The summed E-state index contributed by atoms with van der Waals surface area (Å²) < 4.78 is 0. The van der Waals surface area contributed by atoms with Gasteiger partial charge in [0.2, 0.25) is 0 Å². The van der Waals surface area contributed by atoms with Crippen LogP contribution in [0.15, 0.2) is 0 Å². The van der Waals surface area contributed by atoms with Gasteiger partial charge in [0.05, 0.1) is 0 Å². The van der Waals surface area contributed by atoms with Gasteiger partial charge in [-0.15, -0.1) is 10.2 Å². The number of nitrogens with two attached hydrogens (primary N) is 1. The first kappa shape index (κ1) is 10.5. The lowest BCUT2D eigenvalue weighted by atomic mass is 9.87. The summed E-state index contributed by atoms with van der Waals surface area (Å²) in [5.41, 5.74) is 6.10. The molecule has 2 aliphatic heterocycles. The molecule has 0 aliphatic carbocycles. The van der Waals surface area contributed by atoms with Gasteiger partial charge in [-0.1, -0.05) is 0 Å². The molecule has 1 amide bonds. The zero-order chi connectivity index (χ0) is 11.9. The third-order valence-electron chi connectivity index (χ3n) is 3.84. The van der Waals surface area contributed by atoms with Crippen molar-refractivity contribution in [1.29, 1.82) is 0 Å². The van der Waals surface area contributed by atoms with E-state index < -0.39 is 0 Å². The van der Waals surface area contributed by atoms with Crippen LogP contribution in [0.2, 0.25) is 0 Å². The minimum atomic E-state index is -0.111. The summed E-state index contributed by atoms with van der Waals surface area (Å²) >= 11 is 0. The number of H-pyrrole nitrogens is 1. The fourth-order valence-corrected chi connectivity index (χ4v) is 2.80. The Morgan fingerprint density at radius 3 is 2.94 bits per heavy atom. The van der Waals surface area contributed by atoms with Gasteiger partial charge >= 0.3 is 0 Å². The molecule has 1 aromatic rings. The van der Waals surface area contributed by atoms with Crippen LogP contribution in [0.4, 0.5) is 5.82 Å². The lowest BCUT2D eigenvalue weighted by molar-refractivity contribution is 0.0771. The van der Waals surface area contributed by atoms with Crippen molar-refractivity contribution in [2.24, 2.45) is 5.41 Å². The van der Waals surface area contributed by atoms with Crippen molar-refractivity contribution in [2.45, 2.75) is 12.8 Å². The first-order chi connectivity index (χ1) is 8.20. The minimum Gasteiger partial charge on any atom is -0.380 e. The summed E-state index contributed by atoms with van der Waals surface area (Å²) in [4.78, 5) is 14.0. The standard InChI is InChI=1S/C10H16N6O/c11-8-7(13-15-14-8)9(17)16-4-2-10(6-16)1-3-12-5-10/h12H,1-6H2,(H3,11,13,14,15). The minimum absolute atomic E-state index is 0.111.